The van der Waals surface area contributed by atoms with E-state index in [1.165, 1.54) is 0 Å². The summed E-state index contributed by atoms with van der Waals surface area (Å²) in [5.74, 6) is -0.566. The van der Waals surface area contributed by atoms with Crippen molar-refractivity contribution in [2.75, 3.05) is 13.7 Å². The van der Waals surface area contributed by atoms with E-state index in [1.54, 1.807) is 7.11 Å². The molecule has 0 spiro atoms. The molecule has 122 valence electrons. The molecule has 2 saturated heterocycles. The molecule has 4 atom stereocenters. The molecule has 2 fully saturated rings. The Morgan fingerprint density at radius 1 is 1.23 bits per heavy atom. The molecule has 2 aliphatic rings. The first-order valence-electron chi connectivity index (χ1n) is 7.73. The normalized spacial score (nSPS) is 34.1. The summed E-state index contributed by atoms with van der Waals surface area (Å²) in [6.07, 6.45) is 0.0889. The number of benzene rings is 1. The van der Waals surface area contributed by atoms with Crippen molar-refractivity contribution in [3.63, 3.8) is 0 Å². The summed E-state index contributed by atoms with van der Waals surface area (Å²) in [6, 6.07) is 10.1. The highest BCUT2D eigenvalue weighted by Gasteiger charge is 2.47. The van der Waals surface area contributed by atoms with Crippen molar-refractivity contribution >= 4 is 0 Å². The second-order valence-corrected chi connectivity index (χ2v) is 6.20. The molecule has 1 aromatic carbocycles. The molecule has 0 N–H and O–H groups in total. The molecule has 0 aromatic heterocycles. The molecular weight excluding hydrogens is 284 g/mol. The highest BCUT2D eigenvalue weighted by molar-refractivity contribution is 5.13. The molecule has 3 rings (SSSR count). The van der Waals surface area contributed by atoms with E-state index in [1.807, 2.05) is 32.0 Å². The molecule has 1 unspecified atom stereocenters. The zero-order valence-electron chi connectivity index (χ0n) is 13.4. The minimum absolute atomic E-state index is 0.0624. The van der Waals surface area contributed by atoms with Gasteiger partial charge in [-0.15, -0.1) is 0 Å². The maximum absolute atomic E-state index is 6.07. The van der Waals surface area contributed by atoms with Crippen LogP contribution in [0.5, 0.6) is 0 Å². The van der Waals surface area contributed by atoms with E-state index < -0.39 is 5.79 Å². The van der Waals surface area contributed by atoms with E-state index in [9.17, 15) is 0 Å². The van der Waals surface area contributed by atoms with Gasteiger partial charge in [0.1, 0.15) is 12.2 Å². The van der Waals surface area contributed by atoms with Crippen LogP contribution < -0.4 is 0 Å². The van der Waals surface area contributed by atoms with Crippen molar-refractivity contribution in [1.29, 1.82) is 0 Å². The van der Waals surface area contributed by atoms with Gasteiger partial charge in [-0.2, -0.15) is 0 Å². The lowest BCUT2D eigenvalue weighted by molar-refractivity contribution is -0.182. The van der Waals surface area contributed by atoms with Crippen molar-refractivity contribution in [3.8, 4) is 0 Å². The Labute approximate surface area is 131 Å². The van der Waals surface area contributed by atoms with Crippen LogP contribution in [0.3, 0.4) is 0 Å². The Kier molecular flexibility index (Phi) is 4.80. The Hall–Kier alpha value is -0.980. The van der Waals surface area contributed by atoms with Gasteiger partial charge in [0.15, 0.2) is 12.1 Å². The Morgan fingerprint density at radius 2 is 2.00 bits per heavy atom. The van der Waals surface area contributed by atoms with Gasteiger partial charge in [0.2, 0.25) is 0 Å². The fraction of sp³-hybridized carbons (Fsp3) is 0.647. The number of ether oxygens (including phenoxy) is 5. The van der Waals surface area contributed by atoms with Gasteiger partial charge in [0.05, 0.1) is 19.3 Å². The summed E-state index contributed by atoms with van der Waals surface area (Å²) < 4.78 is 28.9. The molecule has 2 aliphatic heterocycles. The van der Waals surface area contributed by atoms with E-state index in [2.05, 4.69) is 12.1 Å². The number of methoxy groups -OCH3 is 1. The second-order valence-electron chi connectivity index (χ2n) is 6.20. The monoisotopic (exact) mass is 308 g/mol. The average molecular weight is 308 g/mol. The van der Waals surface area contributed by atoms with Gasteiger partial charge in [-0.1, -0.05) is 30.3 Å². The summed E-state index contributed by atoms with van der Waals surface area (Å²) in [7, 11) is 1.65. The fourth-order valence-corrected chi connectivity index (χ4v) is 2.94. The summed E-state index contributed by atoms with van der Waals surface area (Å²) in [5, 5.41) is 0. The SMILES string of the molecule is COC1C[C@@H](OCc2ccccc2)[C@@H]([C@H]2COC(C)(C)O2)O1. The lowest BCUT2D eigenvalue weighted by Gasteiger charge is -2.25. The zero-order valence-corrected chi connectivity index (χ0v) is 13.4. The second kappa shape index (κ2) is 6.64. The van der Waals surface area contributed by atoms with Crippen LogP contribution in [0.25, 0.3) is 0 Å². The maximum atomic E-state index is 6.07. The molecule has 0 bridgehead atoms. The van der Waals surface area contributed by atoms with Gasteiger partial charge in [-0.05, 0) is 19.4 Å². The molecule has 0 aliphatic carbocycles. The predicted octanol–water partition coefficient (Wildman–Crippen LogP) is 2.48. The van der Waals surface area contributed by atoms with E-state index in [0.29, 0.717) is 19.6 Å². The van der Waals surface area contributed by atoms with Crippen LogP contribution in [0, 0.1) is 0 Å². The van der Waals surface area contributed by atoms with Crippen molar-refractivity contribution in [2.24, 2.45) is 0 Å². The third kappa shape index (κ3) is 3.67. The smallest absolute Gasteiger partial charge is 0.163 e. The Balaban J connectivity index is 1.62. The summed E-state index contributed by atoms with van der Waals surface area (Å²) >= 11 is 0. The molecule has 0 radical (unpaired) electrons. The topological polar surface area (TPSA) is 46.2 Å². The quantitative estimate of drug-likeness (QED) is 0.836. The van der Waals surface area contributed by atoms with Gasteiger partial charge in [-0.25, -0.2) is 0 Å². The van der Waals surface area contributed by atoms with E-state index >= 15 is 0 Å². The van der Waals surface area contributed by atoms with Crippen LogP contribution in [0.2, 0.25) is 0 Å². The molecule has 0 amide bonds. The maximum Gasteiger partial charge on any atom is 0.163 e. The first-order valence-corrected chi connectivity index (χ1v) is 7.73. The standard InChI is InChI=1S/C17H24O5/c1-17(2)20-11-14(22-17)16-13(9-15(18-3)21-16)19-10-12-7-5-4-6-8-12/h4-8,13-16H,9-11H2,1-3H3/t13-,14-,15?,16+/m1/s1. The first kappa shape index (κ1) is 15.9. The molecule has 22 heavy (non-hydrogen) atoms. The van der Waals surface area contributed by atoms with Crippen molar-refractivity contribution < 1.29 is 23.7 Å². The Bertz CT molecular complexity index is 475. The van der Waals surface area contributed by atoms with Gasteiger partial charge in [0.25, 0.3) is 0 Å². The molecule has 5 nitrogen and oxygen atoms in total. The lowest BCUT2D eigenvalue weighted by atomic mass is 10.1. The molecule has 5 heteroatoms. The van der Waals surface area contributed by atoms with Crippen LogP contribution in [0.15, 0.2) is 30.3 Å². The van der Waals surface area contributed by atoms with Crippen LogP contribution in [-0.4, -0.2) is 44.1 Å². The lowest BCUT2D eigenvalue weighted by Crippen LogP contribution is -2.38. The summed E-state index contributed by atoms with van der Waals surface area (Å²) in [6.45, 7) is 4.89. The number of rotatable bonds is 5. The van der Waals surface area contributed by atoms with Gasteiger partial charge in [0, 0.05) is 13.5 Å². The number of hydrogen-bond donors (Lipinski definition) is 0. The van der Waals surface area contributed by atoms with Crippen LogP contribution >= 0.6 is 0 Å². The summed E-state index contributed by atoms with van der Waals surface area (Å²) in [4.78, 5) is 0. The predicted molar refractivity (Wildman–Crippen MR) is 80.2 cm³/mol. The Morgan fingerprint density at radius 3 is 2.64 bits per heavy atom. The van der Waals surface area contributed by atoms with Crippen molar-refractivity contribution in [3.05, 3.63) is 35.9 Å². The molecule has 2 heterocycles. The van der Waals surface area contributed by atoms with Gasteiger partial charge < -0.3 is 23.7 Å². The van der Waals surface area contributed by atoms with E-state index in [-0.39, 0.29) is 24.6 Å². The third-order valence-corrected chi connectivity index (χ3v) is 4.07. The summed E-state index contributed by atoms with van der Waals surface area (Å²) in [5.41, 5.74) is 1.14. The average Bonchev–Trinajstić information content (AvgIpc) is 3.09. The largest absolute Gasteiger partial charge is 0.371 e. The van der Waals surface area contributed by atoms with Crippen LogP contribution in [-0.2, 0) is 30.3 Å². The fourth-order valence-electron chi connectivity index (χ4n) is 2.94. The molecule has 1 aromatic rings. The third-order valence-electron chi connectivity index (χ3n) is 4.07. The van der Waals surface area contributed by atoms with E-state index in [4.69, 9.17) is 23.7 Å². The minimum Gasteiger partial charge on any atom is -0.371 e. The van der Waals surface area contributed by atoms with Crippen molar-refractivity contribution in [1.82, 2.24) is 0 Å². The number of hydrogen-bond acceptors (Lipinski definition) is 5. The van der Waals surface area contributed by atoms with E-state index in [0.717, 1.165) is 5.56 Å². The van der Waals surface area contributed by atoms with Gasteiger partial charge in [-0.3, -0.25) is 0 Å². The van der Waals surface area contributed by atoms with Crippen LogP contribution in [0.4, 0.5) is 0 Å². The molecule has 0 saturated carbocycles. The molecular formula is C17H24O5. The highest BCUT2D eigenvalue weighted by atomic mass is 16.8. The van der Waals surface area contributed by atoms with Crippen LogP contribution in [0.1, 0.15) is 25.8 Å². The van der Waals surface area contributed by atoms with Crippen molar-refractivity contribution in [2.45, 2.75) is 57.3 Å². The van der Waals surface area contributed by atoms with Gasteiger partial charge >= 0.3 is 0 Å². The zero-order chi connectivity index (χ0) is 15.6. The highest BCUT2D eigenvalue weighted by Crippen LogP contribution is 2.33. The minimum atomic E-state index is -0.566. The first-order chi connectivity index (χ1) is 10.6.